The smallest absolute Gasteiger partial charge is 0.180 e. The number of imidazole rings is 1. The summed E-state index contributed by atoms with van der Waals surface area (Å²) in [6.07, 6.45) is 5.27. The molecule has 0 fully saturated rings. The minimum absolute atomic E-state index is 0.525. The van der Waals surface area contributed by atoms with Crippen LogP contribution in [-0.4, -0.2) is 14.4 Å². The van der Waals surface area contributed by atoms with E-state index in [1.54, 1.807) is 12.4 Å². The Labute approximate surface area is 134 Å². The van der Waals surface area contributed by atoms with Crippen molar-refractivity contribution in [2.75, 3.05) is 10.7 Å². The van der Waals surface area contributed by atoms with Crippen LogP contribution in [0, 0.1) is 6.92 Å². The molecule has 0 unspecified atom stereocenters. The molecular weight excluding hydrogens is 356 g/mol. The van der Waals surface area contributed by atoms with Gasteiger partial charge in [0.05, 0.1) is 11.9 Å². The van der Waals surface area contributed by atoms with Crippen LogP contribution in [0.5, 0.6) is 0 Å². The van der Waals surface area contributed by atoms with Crippen molar-refractivity contribution in [1.82, 2.24) is 14.4 Å². The molecule has 0 saturated heterocycles. The van der Waals surface area contributed by atoms with Crippen LogP contribution in [-0.2, 0) is 0 Å². The highest BCUT2D eigenvalue weighted by molar-refractivity contribution is 9.10. The standard InChI is InChI=1S/C13H12BrClN6/c1-7-4-8(14)10(5-9(7)15)18-12-13-17-2-3-21(13)6-11(19-12)20-16/h2-6,20H,16H2,1H3,(H,18,19). The fraction of sp³-hybridized carbons (Fsp3) is 0.0769. The van der Waals surface area contributed by atoms with E-state index in [0.717, 1.165) is 15.7 Å². The van der Waals surface area contributed by atoms with Crippen molar-refractivity contribution in [3.63, 3.8) is 0 Å². The quantitative estimate of drug-likeness (QED) is 0.488. The first kappa shape index (κ1) is 14.1. The van der Waals surface area contributed by atoms with E-state index in [2.05, 4.69) is 36.6 Å². The summed E-state index contributed by atoms with van der Waals surface area (Å²) < 4.78 is 2.72. The summed E-state index contributed by atoms with van der Waals surface area (Å²) >= 11 is 9.69. The maximum Gasteiger partial charge on any atom is 0.180 e. The highest BCUT2D eigenvalue weighted by Gasteiger charge is 2.10. The lowest BCUT2D eigenvalue weighted by atomic mass is 10.2. The van der Waals surface area contributed by atoms with Crippen molar-refractivity contribution in [3.05, 3.63) is 45.8 Å². The minimum Gasteiger partial charge on any atom is -0.336 e. The number of rotatable bonds is 3. The van der Waals surface area contributed by atoms with Gasteiger partial charge in [0.1, 0.15) is 0 Å². The average Bonchev–Trinajstić information content (AvgIpc) is 2.93. The van der Waals surface area contributed by atoms with E-state index in [0.29, 0.717) is 22.3 Å². The highest BCUT2D eigenvalue weighted by atomic mass is 79.9. The molecule has 2 aromatic heterocycles. The zero-order chi connectivity index (χ0) is 15.0. The van der Waals surface area contributed by atoms with Crippen LogP contribution in [0.2, 0.25) is 5.02 Å². The van der Waals surface area contributed by atoms with Crippen molar-refractivity contribution in [2.45, 2.75) is 6.92 Å². The molecule has 108 valence electrons. The van der Waals surface area contributed by atoms with Gasteiger partial charge in [0.25, 0.3) is 0 Å². The number of nitrogens with zero attached hydrogens (tertiary/aromatic N) is 3. The molecule has 0 amide bonds. The molecule has 21 heavy (non-hydrogen) atoms. The van der Waals surface area contributed by atoms with Gasteiger partial charge in [-0.25, -0.2) is 15.8 Å². The summed E-state index contributed by atoms with van der Waals surface area (Å²) in [7, 11) is 0. The summed E-state index contributed by atoms with van der Waals surface area (Å²) in [5.74, 6) is 6.55. The Kier molecular flexibility index (Phi) is 3.71. The van der Waals surface area contributed by atoms with Crippen LogP contribution in [0.3, 0.4) is 0 Å². The lowest BCUT2D eigenvalue weighted by Crippen LogP contribution is -2.11. The van der Waals surface area contributed by atoms with Gasteiger partial charge in [-0.1, -0.05) is 11.6 Å². The molecule has 0 radical (unpaired) electrons. The van der Waals surface area contributed by atoms with Gasteiger partial charge in [0, 0.05) is 21.9 Å². The largest absolute Gasteiger partial charge is 0.336 e. The molecule has 1 aromatic carbocycles. The van der Waals surface area contributed by atoms with Gasteiger partial charge in [0.2, 0.25) is 0 Å². The molecule has 0 spiro atoms. The van der Waals surface area contributed by atoms with Gasteiger partial charge in [-0.2, -0.15) is 0 Å². The van der Waals surface area contributed by atoms with Crippen molar-refractivity contribution in [3.8, 4) is 0 Å². The topological polar surface area (TPSA) is 80.3 Å². The van der Waals surface area contributed by atoms with Crippen LogP contribution >= 0.6 is 27.5 Å². The zero-order valence-electron chi connectivity index (χ0n) is 11.1. The Bertz CT molecular complexity index is 816. The SMILES string of the molecule is Cc1cc(Br)c(Nc2nc(NN)cn3ccnc23)cc1Cl. The van der Waals surface area contributed by atoms with E-state index in [9.17, 15) is 0 Å². The Morgan fingerprint density at radius 3 is 2.95 bits per heavy atom. The maximum atomic E-state index is 6.17. The number of benzene rings is 1. The van der Waals surface area contributed by atoms with E-state index in [1.807, 2.05) is 29.7 Å². The monoisotopic (exact) mass is 366 g/mol. The molecule has 0 aliphatic rings. The summed E-state index contributed by atoms with van der Waals surface area (Å²) in [5, 5.41) is 3.90. The van der Waals surface area contributed by atoms with Crippen molar-refractivity contribution >= 4 is 50.5 Å². The maximum absolute atomic E-state index is 6.17. The normalized spacial score (nSPS) is 10.9. The van der Waals surface area contributed by atoms with E-state index in [4.69, 9.17) is 17.4 Å². The Hall–Kier alpha value is -1.83. The van der Waals surface area contributed by atoms with Crippen LogP contribution in [0.4, 0.5) is 17.3 Å². The zero-order valence-corrected chi connectivity index (χ0v) is 13.4. The second-order valence-electron chi connectivity index (χ2n) is 4.48. The van der Waals surface area contributed by atoms with E-state index >= 15 is 0 Å². The van der Waals surface area contributed by atoms with Crippen LogP contribution in [0.25, 0.3) is 5.65 Å². The van der Waals surface area contributed by atoms with Crippen molar-refractivity contribution in [2.24, 2.45) is 5.84 Å². The van der Waals surface area contributed by atoms with Gasteiger partial charge in [-0.3, -0.25) is 0 Å². The lowest BCUT2D eigenvalue weighted by Gasteiger charge is -2.12. The predicted octanol–water partition coefficient (Wildman–Crippen LogP) is 3.48. The Morgan fingerprint density at radius 2 is 2.19 bits per heavy atom. The number of aromatic nitrogens is 3. The molecule has 0 saturated carbocycles. The first-order valence-corrected chi connectivity index (χ1v) is 7.28. The lowest BCUT2D eigenvalue weighted by molar-refractivity contribution is 1.11. The van der Waals surface area contributed by atoms with Crippen LogP contribution < -0.4 is 16.6 Å². The molecule has 2 heterocycles. The van der Waals surface area contributed by atoms with Crippen LogP contribution in [0.1, 0.15) is 5.56 Å². The number of hydrogen-bond donors (Lipinski definition) is 3. The van der Waals surface area contributed by atoms with Gasteiger partial charge in [-0.15, -0.1) is 0 Å². The third-order valence-electron chi connectivity index (χ3n) is 3.02. The number of nitrogen functional groups attached to an aromatic ring is 1. The predicted molar refractivity (Wildman–Crippen MR) is 88.0 cm³/mol. The fourth-order valence-electron chi connectivity index (χ4n) is 1.95. The molecule has 0 bridgehead atoms. The summed E-state index contributed by atoms with van der Waals surface area (Å²) in [5.41, 5.74) is 5.02. The second kappa shape index (κ2) is 5.51. The summed E-state index contributed by atoms with van der Waals surface area (Å²) in [6.45, 7) is 1.95. The minimum atomic E-state index is 0.525. The van der Waals surface area contributed by atoms with E-state index in [1.165, 1.54) is 0 Å². The summed E-state index contributed by atoms with van der Waals surface area (Å²) in [6, 6.07) is 3.78. The molecule has 8 heteroatoms. The number of nitrogens with two attached hydrogens (primary N) is 1. The molecule has 0 aliphatic carbocycles. The van der Waals surface area contributed by atoms with Gasteiger partial charge in [-0.05, 0) is 40.5 Å². The third-order valence-corrected chi connectivity index (χ3v) is 4.09. The number of hydrazine groups is 1. The van der Waals surface area contributed by atoms with E-state index < -0.39 is 0 Å². The van der Waals surface area contributed by atoms with Crippen molar-refractivity contribution < 1.29 is 0 Å². The average molecular weight is 368 g/mol. The third kappa shape index (κ3) is 2.67. The van der Waals surface area contributed by atoms with Gasteiger partial charge >= 0.3 is 0 Å². The first-order valence-electron chi connectivity index (χ1n) is 6.11. The first-order chi connectivity index (χ1) is 10.1. The number of nitrogens with one attached hydrogen (secondary N) is 2. The second-order valence-corrected chi connectivity index (χ2v) is 5.74. The molecular formula is C13H12BrClN6. The van der Waals surface area contributed by atoms with Gasteiger partial charge < -0.3 is 15.1 Å². The van der Waals surface area contributed by atoms with Crippen LogP contribution in [0.15, 0.2) is 35.2 Å². The molecule has 0 aliphatic heterocycles. The molecule has 3 rings (SSSR count). The number of hydrogen-bond acceptors (Lipinski definition) is 5. The summed E-state index contributed by atoms with van der Waals surface area (Å²) in [4.78, 5) is 8.67. The van der Waals surface area contributed by atoms with Gasteiger partial charge in [0.15, 0.2) is 17.3 Å². The molecule has 3 aromatic rings. The molecule has 0 atom stereocenters. The Morgan fingerprint density at radius 1 is 1.38 bits per heavy atom. The number of anilines is 3. The Balaban J connectivity index is 2.09. The molecule has 6 nitrogen and oxygen atoms in total. The highest BCUT2D eigenvalue weighted by Crippen LogP contribution is 2.32. The number of halogens is 2. The fourth-order valence-corrected chi connectivity index (χ4v) is 2.68. The number of aryl methyl sites for hydroxylation is 1. The van der Waals surface area contributed by atoms with E-state index in [-0.39, 0.29) is 0 Å². The number of fused-ring (bicyclic) bond motifs is 1. The molecule has 4 N–H and O–H groups in total. The van der Waals surface area contributed by atoms with Crippen molar-refractivity contribution in [1.29, 1.82) is 0 Å².